The molecule has 0 radical (unpaired) electrons. The number of amides is 1. The van der Waals surface area contributed by atoms with E-state index >= 15 is 0 Å². The normalized spacial score (nSPS) is 10.2. The van der Waals surface area contributed by atoms with Crippen LogP contribution in [-0.4, -0.2) is 17.6 Å². The molecule has 2 aromatic rings. The second-order valence-electron chi connectivity index (χ2n) is 4.30. The van der Waals surface area contributed by atoms with Gasteiger partial charge in [-0.05, 0) is 35.9 Å². The summed E-state index contributed by atoms with van der Waals surface area (Å²) in [6.07, 6.45) is 0. The Balaban J connectivity index is 1.92. The predicted molar refractivity (Wildman–Crippen MR) is 83.0 cm³/mol. The summed E-state index contributed by atoms with van der Waals surface area (Å²) in [5, 5.41) is 12.6. The maximum absolute atomic E-state index is 11.8. The van der Waals surface area contributed by atoms with Gasteiger partial charge >= 0.3 is 0 Å². The molecule has 0 fully saturated rings. The Morgan fingerprint density at radius 1 is 1.14 bits per heavy atom. The minimum atomic E-state index is -0.318. The smallest absolute Gasteiger partial charge is 0.262 e. The molecule has 4 nitrogen and oxygen atoms in total. The van der Waals surface area contributed by atoms with E-state index in [2.05, 4.69) is 5.32 Å². The van der Waals surface area contributed by atoms with Crippen LogP contribution >= 0.6 is 23.2 Å². The van der Waals surface area contributed by atoms with Crippen LogP contribution in [0.5, 0.6) is 5.75 Å². The average molecular weight is 326 g/mol. The molecule has 2 aromatic carbocycles. The van der Waals surface area contributed by atoms with Crippen molar-refractivity contribution in [1.29, 1.82) is 0 Å². The van der Waals surface area contributed by atoms with Crippen molar-refractivity contribution < 1.29 is 14.6 Å². The van der Waals surface area contributed by atoms with Gasteiger partial charge in [0.2, 0.25) is 0 Å². The van der Waals surface area contributed by atoms with E-state index < -0.39 is 0 Å². The number of nitrogens with one attached hydrogen (secondary N) is 1. The Morgan fingerprint density at radius 3 is 2.52 bits per heavy atom. The molecule has 0 atom stereocenters. The van der Waals surface area contributed by atoms with Crippen molar-refractivity contribution in [2.45, 2.75) is 6.61 Å². The zero-order chi connectivity index (χ0) is 15.2. The molecule has 6 heteroatoms. The summed E-state index contributed by atoms with van der Waals surface area (Å²) in [6, 6.07) is 11.7. The van der Waals surface area contributed by atoms with Crippen LogP contribution in [0.4, 0.5) is 5.69 Å². The topological polar surface area (TPSA) is 58.6 Å². The minimum Gasteiger partial charge on any atom is -0.484 e. The van der Waals surface area contributed by atoms with Crippen molar-refractivity contribution in [3.63, 3.8) is 0 Å². The summed E-state index contributed by atoms with van der Waals surface area (Å²) in [5.74, 6) is 0.105. The summed E-state index contributed by atoms with van der Waals surface area (Å²) < 4.78 is 5.33. The Morgan fingerprint density at radius 2 is 1.86 bits per heavy atom. The van der Waals surface area contributed by atoms with Gasteiger partial charge in [-0.1, -0.05) is 35.3 Å². The summed E-state index contributed by atoms with van der Waals surface area (Å²) in [7, 11) is 0. The second kappa shape index (κ2) is 7.31. The highest BCUT2D eigenvalue weighted by Crippen LogP contribution is 2.24. The molecule has 0 unspecified atom stereocenters. The summed E-state index contributed by atoms with van der Waals surface area (Å²) in [4.78, 5) is 11.8. The van der Waals surface area contributed by atoms with Crippen molar-refractivity contribution in [3.05, 3.63) is 58.1 Å². The first-order valence-electron chi connectivity index (χ1n) is 6.15. The molecule has 0 bridgehead atoms. The lowest BCUT2D eigenvalue weighted by Gasteiger charge is -2.09. The van der Waals surface area contributed by atoms with Gasteiger partial charge in [0.25, 0.3) is 5.91 Å². The third-order valence-electron chi connectivity index (χ3n) is 2.60. The van der Waals surface area contributed by atoms with Gasteiger partial charge in [0, 0.05) is 15.7 Å². The molecule has 2 N–H and O–H groups in total. The molecule has 0 saturated heterocycles. The molecule has 2 rings (SSSR count). The zero-order valence-electron chi connectivity index (χ0n) is 11.0. The minimum absolute atomic E-state index is 0.0821. The van der Waals surface area contributed by atoms with E-state index in [9.17, 15) is 4.79 Å². The molecule has 110 valence electrons. The van der Waals surface area contributed by atoms with E-state index in [0.29, 0.717) is 21.5 Å². The Labute approximate surface area is 132 Å². The van der Waals surface area contributed by atoms with E-state index in [4.69, 9.17) is 33.0 Å². The third-order valence-corrected chi connectivity index (χ3v) is 3.04. The van der Waals surface area contributed by atoms with Crippen molar-refractivity contribution in [2.75, 3.05) is 11.9 Å². The molecular weight excluding hydrogens is 313 g/mol. The first kappa shape index (κ1) is 15.6. The number of hydrogen-bond donors (Lipinski definition) is 2. The molecule has 1 amide bonds. The largest absolute Gasteiger partial charge is 0.484 e. The maximum atomic E-state index is 11.8. The molecule has 0 aliphatic rings. The number of hydrogen-bond acceptors (Lipinski definition) is 3. The monoisotopic (exact) mass is 325 g/mol. The van der Waals surface area contributed by atoms with Gasteiger partial charge in [-0.25, -0.2) is 0 Å². The van der Waals surface area contributed by atoms with Crippen LogP contribution in [0.25, 0.3) is 0 Å². The van der Waals surface area contributed by atoms with Crippen molar-refractivity contribution in [1.82, 2.24) is 0 Å². The van der Waals surface area contributed by atoms with Crippen LogP contribution in [-0.2, 0) is 11.4 Å². The SMILES string of the molecule is O=C(COc1cc(Cl)cc(Cl)c1)Nc1cccc(CO)c1. The standard InChI is InChI=1S/C15H13Cl2NO3/c16-11-5-12(17)7-14(6-11)21-9-15(20)18-13-3-1-2-10(4-13)8-19/h1-7,19H,8-9H2,(H,18,20). The Hall–Kier alpha value is -1.75. The third kappa shape index (κ3) is 4.93. The first-order valence-corrected chi connectivity index (χ1v) is 6.91. The van der Waals surface area contributed by atoms with E-state index in [0.717, 1.165) is 5.56 Å². The lowest BCUT2D eigenvalue weighted by atomic mass is 10.2. The first-order chi connectivity index (χ1) is 10.1. The van der Waals surface area contributed by atoms with E-state index in [1.165, 1.54) is 0 Å². The number of carbonyl (C=O) groups is 1. The zero-order valence-corrected chi connectivity index (χ0v) is 12.5. The van der Waals surface area contributed by atoms with Gasteiger partial charge in [-0.2, -0.15) is 0 Å². The average Bonchev–Trinajstić information content (AvgIpc) is 2.44. The van der Waals surface area contributed by atoms with Gasteiger partial charge in [-0.15, -0.1) is 0 Å². The van der Waals surface area contributed by atoms with Crippen LogP contribution < -0.4 is 10.1 Å². The van der Waals surface area contributed by atoms with Crippen LogP contribution in [0.2, 0.25) is 10.0 Å². The van der Waals surface area contributed by atoms with E-state index in [1.54, 1.807) is 42.5 Å². The van der Waals surface area contributed by atoms with Gasteiger partial charge in [0.05, 0.1) is 6.61 Å². The molecule has 0 saturated carbocycles. The molecule has 0 spiro atoms. The highest BCUT2D eigenvalue weighted by atomic mass is 35.5. The van der Waals surface area contributed by atoms with Gasteiger partial charge in [0.15, 0.2) is 6.61 Å². The fourth-order valence-electron chi connectivity index (χ4n) is 1.71. The number of anilines is 1. The highest BCUT2D eigenvalue weighted by molar-refractivity contribution is 6.34. The summed E-state index contributed by atoms with van der Waals surface area (Å²) in [5.41, 5.74) is 1.31. The Bertz CT molecular complexity index is 626. The van der Waals surface area contributed by atoms with Gasteiger partial charge < -0.3 is 15.2 Å². The lowest BCUT2D eigenvalue weighted by molar-refractivity contribution is -0.118. The highest BCUT2D eigenvalue weighted by Gasteiger charge is 2.05. The maximum Gasteiger partial charge on any atom is 0.262 e. The van der Waals surface area contributed by atoms with Crippen molar-refractivity contribution in [3.8, 4) is 5.75 Å². The Kier molecular flexibility index (Phi) is 5.44. The van der Waals surface area contributed by atoms with Crippen LogP contribution in [0.1, 0.15) is 5.56 Å². The van der Waals surface area contributed by atoms with Gasteiger partial charge in [-0.3, -0.25) is 4.79 Å². The number of halogens is 2. The number of aliphatic hydroxyl groups is 1. The fraction of sp³-hybridized carbons (Fsp3) is 0.133. The quantitative estimate of drug-likeness (QED) is 0.884. The summed E-state index contributed by atoms with van der Waals surface area (Å²) >= 11 is 11.7. The van der Waals surface area contributed by atoms with Crippen molar-refractivity contribution in [2.24, 2.45) is 0 Å². The molecular formula is C15H13Cl2NO3. The molecule has 21 heavy (non-hydrogen) atoms. The molecule has 0 aliphatic carbocycles. The lowest BCUT2D eigenvalue weighted by Crippen LogP contribution is -2.20. The summed E-state index contributed by atoms with van der Waals surface area (Å²) in [6.45, 7) is -0.249. The molecule has 0 aromatic heterocycles. The molecule has 0 aliphatic heterocycles. The van der Waals surface area contributed by atoms with Crippen molar-refractivity contribution >= 4 is 34.8 Å². The number of ether oxygens (including phenoxy) is 1. The van der Waals surface area contributed by atoms with Gasteiger partial charge in [0.1, 0.15) is 5.75 Å². The van der Waals surface area contributed by atoms with Crippen LogP contribution in [0.15, 0.2) is 42.5 Å². The van der Waals surface area contributed by atoms with E-state index in [-0.39, 0.29) is 19.1 Å². The number of carbonyl (C=O) groups excluding carboxylic acids is 1. The van der Waals surface area contributed by atoms with E-state index in [1.807, 2.05) is 0 Å². The van der Waals surface area contributed by atoms with Crippen LogP contribution in [0.3, 0.4) is 0 Å². The molecule has 0 heterocycles. The van der Waals surface area contributed by atoms with Crippen LogP contribution in [0, 0.1) is 0 Å². The number of aliphatic hydroxyl groups excluding tert-OH is 1. The number of benzene rings is 2. The number of rotatable bonds is 5. The predicted octanol–water partition coefficient (Wildman–Crippen LogP) is 3.50. The second-order valence-corrected chi connectivity index (χ2v) is 5.17. The fourth-order valence-corrected chi connectivity index (χ4v) is 2.21.